The van der Waals surface area contributed by atoms with Gasteiger partial charge in [0.05, 0.1) is 6.61 Å². The molecule has 0 amide bonds. The summed E-state index contributed by atoms with van der Waals surface area (Å²) in [5, 5.41) is 0. The van der Waals surface area contributed by atoms with E-state index in [9.17, 15) is 19.0 Å². The molecule has 0 aliphatic carbocycles. The SMILES string of the molecule is CC/C=C\C/C=C\C/C=C\C/C=C\CCCCCCCCC(=O)OC(COC(=O)CCCCCCCCCCC/C=C\C/C=C\CCCCC)COP(=O)(O)OC. The monoisotopic (exact) mass is 819 g/mol. The summed E-state index contributed by atoms with van der Waals surface area (Å²) in [6, 6.07) is 0. The van der Waals surface area contributed by atoms with Crippen LogP contribution < -0.4 is 0 Å². The first kappa shape index (κ1) is 54.5. The first-order valence-corrected chi connectivity index (χ1v) is 24.1. The summed E-state index contributed by atoms with van der Waals surface area (Å²) >= 11 is 0. The van der Waals surface area contributed by atoms with Crippen molar-refractivity contribution in [3.8, 4) is 0 Å². The molecule has 0 bridgehead atoms. The number of ether oxygens (including phenoxy) is 2. The molecular formula is C48H83O8P. The van der Waals surface area contributed by atoms with Gasteiger partial charge in [0.2, 0.25) is 0 Å². The molecule has 0 aromatic carbocycles. The number of hydrogen-bond donors (Lipinski definition) is 1. The molecule has 1 N–H and O–H groups in total. The number of carbonyl (C=O) groups is 2. The molecule has 0 saturated heterocycles. The number of esters is 2. The van der Waals surface area contributed by atoms with Crippen molar-refractivity contribution >= 4 is 19.8 Å². The fourth-order valence-electron chi connectivity index (χ4n) is 5.97. The molecule has 9 heteroatoms. The first-order valence-electron chi connectivity index (χ1n) is 22.6. The van der Waals surface area contributed by atoms with E-state index < -0.39 is 26.5 Å². The highest BCUT2D eigenvalue weighted by atomic mass is 31.2. The number of phosphoric acid groups is 1. The van der Waals surface area contributed by atoms with Gasteiger partial charge in [0.25, 0.3) is 0 Å². The molecule has 0 fully saturated rings. The van der Waals surface area contributed by atoms with E-state index in [1.807, 2.05) is 0 Å². The summed E-state index contributed by atoms with van der Waals surface area (Å²) in [4.78, 5) is 34.6. The van der Waals surface area contributed by atoms with Crippen LogP contribution in [0, 0.1) is 0 Å². The first-order chi connectivity index (χ1) is 27.8. The lowest BCUT2D eigenvalue weighted by Gasteiger charge is -2.19. The van der Waals surface area contributed by atoms with Crippen molar-refractivity contribution in [2.75, 3.05) is 20.3 Å². The quantitative estimate of drug-likeness (QED) is 0.0281. The van der Waals surface area contributed by atoms with E-state index in [0.29, 0.717) is 6.42 Å². The molecule has 0 heterocycles. The van der Waals surface area contributed by atoms with Crippen molar-refractivity contribution in [3.05, 3.63) is 72.9 Å². The highest BCUT2D eigenvalue weighted by Gasteiger charge is 2.24. The van der Waals surface area contributed by atoms with Crippen molar-refractivity contribution in [3.63, 3.8) is 0 Å². The zero-order valence-electron chi connectivity index (χ0n) is 36.5. The van der Waals surface area contributed by atoms with Gasteiger partial charge < -0.3 is 14.4 Å². The third-order valence-corrected chi connectivity index (χ3v) is 10.4. The molecule has 328 valence electrons. The molecule has 0 aromatic heterocycles. The minimum atomic E-state index is -4.27. The van der Waals surface area contributed by atoms with E-state index in [-0.39, 0.29) is 25.4 Å². The highest BCUT2D eigenvalue weighted by molar-refractivity contribution is 7.47. The van der Waals surface area contributed by atoms with Gasteiger partial charge in [-0.3, -0.25) is 18.6 Å². The number of unbranched alkanes of at least 4 members (excludes halogenated alkanes) is 18. The van der Waals surface area contributed by atoms with Crippen LogP contribution in [0.5, 0.6) is 0 Å². The fourth-order valence-corrected chi connectivity index (χ4v) is 6.43. The van der Waals surface area contributed by atoms with Crippen molar-refractivity contribution in [1.29, 1.82) is 0 Å². The molecule has 0 rings (SSSR count). The lowest BCUT2D eigenvalue weighted by molar-refractivity contribution is -0.161. The second-order valence-corrected chi connectivity index (χ2v) is 16.4. The van der Waals surface area contributed by atoms with Crippen LogP contribution in [0.4, 0.5) is 0 Å². The summed E-state index contributed by atoms with van der Waals surface area (Å²) in [6.45, 7) is 3.74. The predicted octanol–water partition coefficient (Wildman–Crippen LogP) is 14.5. The Labute approximate surface area is 349 Å². The van der Waals surface area contributed by atoms with Crippen LogP contribution in [-0.2, 0) is 32.7 Å². The van der Waals surface area contributed by atoms with Crippen molar-refractivity contribution in [1.82, 2.24) is 0 Å². The Balaban J connectivity index is 4.01. The van der Waals surface area contributed by atoms with Gasteiger partial charge in [0.1, 0.15) is 6.61 Å². The van der Waals surface area contributed by atoms with Gasteiger partial charge in [-0.05, 0) is 83.5 Å². The smallest absolute Gasteiger partial charge is 0.462 e. The maximum absolute atomic E-state index is 12.5. The number of carbonyl (C=O) groups excluding carboxylic acids is 2. The number of rotatable bonds is 41. The van der Waals surface area contributed by atoms with E-state index >= 15 is 0 Å². The molecule has 8 nitrogen and oxygen atoms in total. The zero-order chi connectivity index (χ0) is 41.8. The molecule has 0 aliphatic heterocycles. The Kier molecular flexibility index (Phi) is 41.2. The Morgan fingerprint density at radius 2 is 0.895 bits per heavy atom. The van der Waals surface area contributed by atoms with Gasteiger partial charge >= 0.3 is 19.8 Å². The number of hydrogen-bond acceptors (Lipinski definition) is 7. The van der Waals surface area contributed by atoms with E-state index in [2.05, 4.69) is 91.3 Å². The van der Waals surface area contributed by atoms with Gasteiger partial charge in [-0.1, -0.05) is 170 Å². The van der Waals surface area contributed by atoms with Crippen LogP contribution in [-0.4, -0.2) is 43.3 Å². The Bertz CT molecular complexity index is 1160. The summed E-state index contributed by atoms with van der Waals surface area (Å²) in [5.41, 5.74) is 0. The minimum Gasteiger partial charge on any atom is -0.462 e. The highest BCUT2D eigenvalue weighted by Crippen LogP contribution is 2.42. The lowest BCUT2D eigenvalue weighted by Crippen LogP contribution is -2.29. The molecule has 0 saturated carbocycles. The van der Waals surface area contributed by atoms with Gasteiger partial charge in [0.15, 0.2) is 6.10 Å². The van der Waals surface area contributed by atoms with Gasteiger partial charge in [0, 0.05) is 20.0 Å². The van der Waals surface area contributed by atoms with E-state index in [1.165, 1.54) is 70.6 Å². The zero-order valence-corrected chi connectivity index (χ0v) is 37.4. The molecule has 0 aromatic rings. The van der Waals surface area contributed by atoms with Crippen LogP contribution in [0.15, 0.2) is 72.9 Å². The van der Waals surface area contributed by atoms with Crippen LogP contribution in [0.25, 0.3) is 0 Å². The van der Waals surface area contributed by atoms with Crippen molar-refractivity contribution in [2.24, 2.45) is 0 Å². The van der Waals surface area contributed by atoms with Crippen molar-refractivity contribution in [2.45, 2.75) is 200 Å². The molecule has 2 atom stereocenters. The average Bonchev–Trinajstić information content (AvgIpc) is 3.20. The average molecular weight is 819 g/mol. The van der Waals surface area contributed by atoms with Crippen LogP contribution >= 0.6 is 7.82 Å². The van der Waals surface area contributed by atoms with Crippen molar-refractivity contribution < 1.29 is 37.6 Å². The summed E-state index contributed by atoms with van der Waals surface area (Å²) in [6.07, 6.45) is 55.2. The van der Waals surface area contributed by atoms with E-state index in [1.54, 1.807) is 0 Å². The second-order valence-electron chi connectivity index (χ2n) is 14.8. The normalized spacial score (nSPS) is 14.0. The van der Waals surface area contributed by atoms with Gasteiger partial charge in [-0.2, -0.15) is 0 Å². The fraction of sp³-hybridized carbons (Fsp3) is 0.708. The largest absolute Gasteiger partial charge is 0.472 e. The van der Waals surface area contributed by atoms with Crippen LogP contribution in [0.2, 0.25) is 0 Å². The summed E-state index contributed by atoms with van der Waals surface area (Å²) in [5.74, 6) is -0.827. The predicted molar refractivity (Wildman–Crippen MR) is 239 cm³/mol. The Morgan fingerprint density at radius 1 is 0.509 bits per heavy atom. The summed E-state index contributed by atoms with van der Waals surface area (Å²) in [7, 11) is -3.22. The van der Waals surface area contributed by atoms with Gasteiger partial charge in [-0.15, -0.1) is 0 Å². The third-order valence-electron chi connectivity index (χ3n) is 9.43. The maximum Gasteiger partial charge on any atom is 0.472 e. The molecule has 0 radical (unpaired) electrons. The number of allylic oxidation sites excluding steroid dienone is 12. The van der Waals surface area contributed by atoms with E-state index in [4.69, 9.17) is 14.0 Å². The molecule has 57 heavy (non-hydrogen) atoms. The van der Waals surface area contributed by atoms with E-state index in [0.717, 1.165) is 97.0 Å². The lowest BCUT2D eigenvalue weighted by atomic mass is 10.1. The van der Waals surface area contributed by atoms with Gasteiger partial charge in [-0.25, -0.2) is 4.57 Å². The minimum absolute atomic E-state index is 0.224. The third kappa shape index (κ3) is 42.9. The van der Waals surface area contributed by atoms with Crippen LogP contribution in [0.1, 0.15) is 194 Å². The standard InChI is InChI=1S/C48H83O8P/c1-4-6-8-10-12-14-16-18-20-22-24-26-28-30-32-34-36-38-40-42-47(49)54-44-46(45-55-57(51,52)53-3)56-48(50)43-41-39-37-35-33-31-29-27-25-23-21-19-17-15-13-11-9-7-5-2/h7,9,12-15,18-21,25,27,46H,4-6,8,10-11,16-17,22-24,26,28-45H2,1-3H3,(H,51,52)/b9-7-,14-12-,15-13-,20-18-,21-19-,27-25-. The number of phosphoric ester groups is 1. The molecule has 0 spiro atoms. The molecule has 2 unspecified atom stereocenters. The molecular weight excluding hydrogens is 735 g/mol. The topological polar surface area (TPSA) is 108 Å². The van der Waals surface area contributed by atoms with Crippen LogP contribution in [0.3, 0.4) is 0 Å². The maximum atomic E-state index is 12.5. The summed E-state index contributed by atoms with van der Waals surface area (Å²) < 4.78 is 32.0. The Hall–Kier alpha value is -2.51. The molecule has 0 aliphatic rings. The Morgan fingerprint density at radius 3 is 1.33 bits per heavy atom. The second kappa shape index (κ2) is 43.1.